The minimum Gasteiger partial charge on any atom is -0.369 e. The lowest BCUT2D eigenvalue weighted by Gasteiger charge is -2.15. The maximum Gasteiger partial charge on any atom is 0.227 e. The molecule has 5 rings (SSSR count). The van der Waals surface area contributed by atoms with E-state index in [1.54, 1.807) is 18.3 Å². The lowest BCUT2D eigenvalue weighted by Crippen LogP contribution is -2.26. The molecule has 0 saturated carbocycles. The highest BCUT2D eigenvalue weighted by atomic mass is 19.1. The van der Waals surface area contributed by atoms with Gasteiger partial charge in [-0.1, -0.05) is 18.2 Å². The van der Waals surface area contributed by atoms with E-state index in [1.165, 1.54) is 38.1 Å². The number of aromatic nitrogens is 3. The summed E-state index contributed by atoms with van der Waals surface area (Å²) in [6, 6.07) is 16.2. The first-order chi connectivity index (χ1) is 15.7. The van der Waals surface area contributed by atoms with Crippen LogP contribution in [0.3, 0.4) is 0 Å². The van der Waals surface area contributed by atoms with E-state index < -0.39 is 0 Å². The first kappa shape index (κ1) is 20.3. The van der Waals surface area contributed by atoms with Crippen molar-refractivity contribution in [2.75, 3.05) is 36.8 Å². The summed E-state index contributed by atoms with van der Waals surface area (Å²) in [5, 5.41) is 7.50. The van der Waals surface area contributed by atoms with Crippen LogP contribution in [-0.4, -0.2) is 46.0 Å². The van der Waals surface area contributed by atoms with Gasteiger partial charge in [0.2, 0.25) is 5.95 Å². The molecule has 4 aromatic rings. The molecule has 0 unspecified atom stereocenters. The smallest absolute Gasteiger partial charge is 0.227 e. The Morgan fingerprint density at radius 3 is 2.53 bits per heavy atom. The predicted molar refractivity (Wildman–Crippen MR) is 127 cm³/mol. The Kier molecular flexibility index (Phi) is 5.89. The summed E-state index contributed by atoms with van der Waals surface area (Å²) in [4.78, 5) is 16.2. The summed E-state index contributed by atoms with van der Waals surface area (Å²) < 4.78 is 13.2. The van der Waals surface area contributed by atoms with Crippen molar-refractivity contribution in [1.29, 1.82) is 0 Å². The monoisotopic (exact) mass is 428 g/mol. The maximum absolute atomic E-state index is 13.2. The number of pyridine rings is 1. The molecule has 7 heteroatoms. The zero-order valence-electron chi connectivity index (χ0n) is 17.8. The van der Waals surface area contributed by atoms with Gasteiger partial charge >= 0.3 is 0 Å². The number of rotatable bonds is 7. The third-order valence-electron chi connectivity index (χ3n) is 5.72. The van der Waals surface area contributed by atoms with Crippen LogP contribution >= 0.6 is 0 Å². The molecule has 1 aliphatic heterocycles. The SMILES string of the molecule is Fc1ccc(Nc2ncc3cccc(-c4ccc(NCCN5CCCC5)nc4)c3n2)cc1. The van der Waals surface area contributed by atoms with Crippen molar-refractivity contribution in [1.82, 2.24) is 19.9 Å². The van der Waals surface area contributed by atoms with E-state index in [4.69, 9.17) is 4.98 Å². The van der Waals surface area contributed by atoms with Crippen molar-refractivity contribution in [3.63, 3.8) is 0 Å². The Morgan fingerprint density at radius 1 is 0.906 bits per heavy atom. The molecular formula is C25H25FN6. The van der Waals surface area contributed by atoms with Gasteiger partial charge in [-0.25, -0.2) is 19.3 Å². The van der Waals surface area contributed by atoms with Gasteiger partial charge in [0.25, 0.3) is 0 Å². The minimum absolute atomic E-state index is 0.279. The molecule has 6 nitrogen and oxygen atoms in total. The molecule has 0 radical (unpaired) electrons. The molecule has 0 bridgehead atoms. The first-order valence-electron chi connectivity index (χ1n) is 11.0. The van der Waals surface area contributed by atoms with E-state index in [0.717, 1.165) is 46.6 Å². The fourth-order valence-electron chi connectivity index (χ4n) is 4.02. The molecule has 1 saturated heterocycles. The lowest BCUT2D eigenvalue weighted by atomic mass is 10.0. The number of hydrogen-bond acceptors (Lipinski definition) is 6. The van der Waals surface area contributed by atoms with Gasteiger partial charge in [-0.3, -0.25) is 0 Å². The van der Waals surface area contributed by atoms with Crippen LogP contribution in [0.1, 0.15) is 12.8 Å². The van der Waals surface area contributed by atoms with Gasteiger partial charge in [0, 0.05) is 47.7 Å². The van der Waals surface area contributed by atoms with Crippen LogP contribution in [0, 0.1) is 5.82 Å². The molecule has 0 amide bonds. The number of nitrogens with one attached hydrogen (secondary N) is 2. The fourth-order valence-corrected chi connectivity index (χ4v) is 4.02. The van der Waals surface area contributed by atoms with Crippen molar-refractivity contribution >= 4 is 28.4 Å². The van der Waals surface area contributed by atoms with Crippen LogP contribution < -0.4 is 10.6 Å². The topological polar surface area (TPSA) is 66.0 Å². The standard InChI is InChI=1S/C25H25FN6/c26-20-7-9-21(10-8-20)30-25-29-17-19-4-3-5-22(24(19)31-25)18-6-11-23(28-16-18)27-12-15-32-13-1-2-14-32/h3-11,16-17H,1-2,12-15H2,(H,27,28)(H,29,30,31). The molecule has 2 aromatic carbocycles. The summed E-state index contributed by atoms with van der Waals surface area (Å²) >= 11 is 0. The molecular weight excluding hydrogens is 403 g/mol. The van der Waals surface area contributed by atoms with Gasteiger partial charge in [0.05, 0.1) is 5.52 Å². The van der Waals surface area contributed by atoms with Crippen molar-refractivity contribution in [3.8, 4) is 11.1 Å². The van der Waals surface area contributed by atoms with Crippen molar-refractivity contribution in [2.24, 2.45) is 0 Å². The molecule has 0 aliphatic carbocycles. The second-order valence-electron chi connectivity index (χ2n) is 7.98. The quantitative estimate of drug-likeness (QED) is 0.428. The number of para-hydroxylation sites is 1. The molecule has 3 heterocycles. The van der Waals surface area contributed by atoms with E-state index in [1.807, 2.05) is 30.5 Å². The van der Waals surface area contributed by atoms with Crippen LogP contribution in [0.15, 0.2) is 67.0 Å². The third kappa shape index (κ3) is 4.68. The zero-order valence-corrected chi connectivity index (χ0v) is 17.8. The molecule has 162 valence electrons. The van der Waals surface area contributed by atoms with Gasteiger partial charge < -0.3 is 15.5 Å². The fraction of sp³-hybridized carbons (Fsp3) is 0.240. The van der Waals surface area contributed by atoms with Gasteiger partial charge in [0.15, 0.2) is 0 Å². The first-order valence-corrected chi connectivity index (χ1v) is 11.0. The molecule has 0 atom stereocenters. The predicted octanol–water partition coefficient (Wildman–Crippen LogP) is 5.08. The molecule has 0 spiro atoms. The van der Waals surface area contributed by atoms with Crippen molar-refractivity contribution in [3.05, 3.63) is 72.8 Å². The normalized spacial score (nSPS) is 14.0. The van der Waals surface area contributed by atoms with Gasteiger partial charge in [-0.2, -0.15) is 0 Å². The second-order valence-corrected chi connectivity index (χ2v) is 7.98. The number of likely N-dealkylation sites (tertiary alicyclic amines) is 1. The average Bonchev–Trinajstić information content (AvgIpc) is 3.34. The van der Waals surface area contributed by atoms with Crippen LogP contribution in [-0.2, 0) is 0 Å². The average molecular weight is 429 g/mol. The minimum atomic E-state index is -0.279. The largest absolute Gasteiger partial charge is 0.369 e. The molecule has 2 N–H and O–H groups in total. The van der Waals surface area contributed by atoms with Crippen LogP contribution in [0.25, 0.3) is 22.0 Å². The third-order valence-corrected chi connectivity index (χ3v) is 5.72. The Balaban J connectivity index is 1.34. The number of benzene rings is 2. The van der Waals surface area contributed by atoms with Crippen molar-refractivity contribution in [2.45, 2.75) is 12.8 Å². The van der Waals surface area contributed by atoms with Crippen LogP contribution in [0.2, 0.25) is 0 Å². The highest BCUT2D eigenvalue weighted by Crippen LogP contribution is 2.28. The Hall–Kier alpha value is -3.58. The van der Waals surface area contributed by atoms with E-state index >= 15 is 0 Å². The second kappa shape index (κ2) is 9.28. The van der Waals surface area contributed by atoms with Gasteiger partial charge in [-0.15, -0.1) is 0 Å². The molecule has 2 aromatic heterocycles. The van der Waals surface area contributed by atoms with E-state index in [2.05, 4.69) is 31.6 Å². The number of nitrogens with zero attached hydrogens (tertiary/aromatic N) is 4. The Morgan fingerprint density at radius 2 is 1.75 bits per heavy atom. The van der Waals surface area contributed by atoms with Crippen LogP contribution in [0.4, 0.5) is 21.8 Å². The summed E-state index contributed by atoms with van der Waals surface area (Å²) in [5.74, 6) is 1.06. The molecule has 32 heavy (non-hydrogen) atoms. The van der Waals surface area contributed by atoms with Gasteiger partial charge in [-0.05, 0) is 62.3 Å². The number of halogens is 1. The highest BCUT2D eigenvalue weighted by Gasteiger charge is 2.11. The summed E-state index contributed by atoms with van der Waals surface area (Å²) in [5.41, 5.74) is 3.55. The number of fused-ring (bicyclic) bond motifs is 1. The summed E-state index contributed by atoms with van der Waals surface area (Å²) in [6.45, 7) is 4.35. The number of anilines is 3. The van der Waals surface area contributed by atoms with E-state index in [-0.39, 0.29) is 5.82 Å². The maximum atomic E-state index is 13.2. The van der Waals surface area contributed by atoms with Crippen molar-refractivity contribution < 1.29 is 4.39 Å². The summed E-state index contributed by atoms with van der Waals surface area (Å²) in [6.07, 6.45) is 6.28. The lowest BCUT2D eigenvalue weighted by molar-refractivity contribution is 0.352. The Bertz CT molecular complexity index is 1190. The summed E-state index contributed by atoms with van der Waals surface area (Å²) in [7, 11) is 0. The number of hydrogen-bond donors (Lipinski definition) is 2. The Labute approximate surface area is 186 Å². The van der Waals surface area contributed by atoms with E-state index in [0.29, 0.717) is 5.95 Å². The highest BCUT2D eigenvalue weighted by molar-refractivity contribution is 5.93. The zero-order chi connectivity index (χ0) is 21.8. The molecule has 1 aliphatic rings. The van der Waals surface area contributed by atoms with Crippen LogP contribution in [0.5, 0.6) is 0 Å². The van der Waals surface area contributed by atoms with Gasteiger partial charge in [0.1, 0.15) is 11.6 Å². The van der Waals surface area contributed by atoms with E-state index in [9.17, 15) is 4.39 Å². The molecule has 1 fully saturated rings.